The van der Waals surface area contributed by atoms with Crippen LogP contribution in [0, 0.1) is 17.6 Å². The first-order chi connectivity index (χ1) is 14.8. The van der Waals surface area contributed by atoms with E-state index in [0.29, 0.717) is 31.6 Å². The molecule has 1 unspecified atom stereocenters. The zero-order valence-electron chi connectivity index (χ0n) is 17.4. The molecule has 3 atom stereocenters. The molecule has 2 fully saturated rings. The first-order valence-electron chi connectivity index (χ1n) is 10.5. The Kier molecular flexibility index (Phi) is 6.44. The van der Waals surface area contributed by atoms with E-state index in [2.05, 4.69) is 0 Å². The average molecular weight is 452 g/mol. The second-order valence-electron chi connectivity index (χ2n) is 8.47. The molecular weight excluding hydrogens is 424 g/mol. The molecule has 0 radical (unpaired) electrons. The third-order valence-corrected chi connectivity index (χ3v) is 8.89. The normalized spacial score (nSPS) is 25.2. The maximum Gasteiger partial charge on any atom is 0.221 e. The molecule has 4 rings (SSSR count). The first-order valence-corrected chi connectivity index (χ1v) is 12.0. The highest BCUT2D eigenvalue weighted by Crippen LogP contribution is 2.39. The number of halogens is 2. The number of rotatable bonds is 6. The minimum absolute atomic E-state index is 0.00747. The van der Waals surface area contributed by atoms with Crippen LogP contribution in [-0.2, 0) is 21.3 Å². The summed E-state index contributed by atoms with van der Waals surface area (Å²) in [7, 11) is -3.75. The minimum atomic E-state index is -3.75. The molecule has 168 valence electrons. The Bertz CT molecular complexity index is 1030. The van der Waals surface area contributed by atoms with Gasteiger partial charge in [0, 0.05) is 30.0 Å². The van der Waals surface area contributed by atoms with Crippen LogP contribution in [0.4, 0.5) is 8.78 Å². The number of hydrogen-bond acceptors (Lipinski definition) is 4. The van der Waals surface area contributed by atoms with E-state index in [9.17, 15) is 22.3 Å². The quantitative estimate of drug-likeness (QED) is 0.727. The summed E-state index contributed by atoms with van der Waals surface area (Å²) in [6.07, 6.45) is 1.12. The Morgan fingerprint density at radius 2 is 1.84 bits per heavy atom. The fourth-order valence-electron chi connectivity index (χ4n) is 4.52. The molecule has 0 spiro atoms. The molecule has 31 heavy (non-hydrogen) atoms. The van der Waals surface area contributed by atoms with Crippen LogP contribution in [-0.4, -0.2) is 43.7 Å². The fourth-order valence-corrected chi connectivity index (χ4v) is 6.70. The van der Waals surface area contributed by atoms with Crippen LogP contribution in [0.25, 0.3) is 0 Å². The van der Waals surface area contributed by atoms with E-state index in [4.69, 9.17) is 4.74 Å². The van der Waals surface area contributed by atoms with Crippen LogP contribution < -0.4 is 0 Å². The maximum absolute atomic E-state index is 15.0. The van der Waals surface area contributed by atoms with Crippen LogP contribution >= 0.6 is 0 Å². The molecule has 1 N–H and O–H groups in total. The summed E-state index contributed by atoms with van der Waals surface area (Å²) in [5.41, 5.74) is 0.801. The number of nitrogens with zero attached hydrogens (tertiary/aromatic N) is 1. The topological polar surface area (TPSA) is 66.8 Å². The lowest BCUT2D eigenvalue weighted by atomic mass is 9.84. The van der Waals surface area contributed by atoms with Crippen molar-refractivity contribution in [2.24, 2.45) is 5.92 Å². The van der Waals surface area contributed by atoms with Crippen molar-refractivity contribution in [1.29, 1.82) is 0 Å². The minimum Gasteiger partial charge on any atom is -0.396 e. The zero-order valence-corrected chi connectivity index (χ0v) is 18.2. The molecule has 2 aliphatic heterocycles. The molecule has 0 saturated carbocycles. The summed E-state index contributed by atoms with van der Waals surface area (Å²) < 4.78 is 62.9. The molecule has 0 aromatic heterocycles. The van der Waals surface area contributed by atoms with Gasteiger partial charge < -0.3 is 9.84 Å². The Balaban J connectivity index is 1.62. The average Bonchev–Trinajstić information content (AvgIpc) is 2.70. The van der Waals surface area contributed by atoms with E-state index in [1.54, 1.807) is 31.2 Å². The van der Waals surface area contributed by atoms with Crippen LogP contribution in [0.2, 0.25) is 0 Å². The van der Waals surface area contributed by atoms with Gasteiger partial charge in [0.05, 0.1) is 19.8 Å². The Morgan fingerprint density at radius 3 is 2.45 bits per heavy atom. The Labute approximate surface area is 181 Å². The molecular formula is C23H27F2NO4S. The number of aliphatic hydroxyl groups excluding tert-OH is 1. The molecule has 2 aromatic rings. The van der Waals surface area contributed by atoms with Gasteiger partial charge >= 0.3 is 0 Å². The van der Waals surface area contributed by atoms with E-state index in [1.807, 2.05) is 6.07 Å². The smallest absolute Gasteiger partial charge is 0.221 e. The molecule has 5 nitrogen and oxygen atoms in total. The highest BCUT2D eigenvalue weighted by atomic mass is 32.2. The van der Waals surface area contributed by atoms with Gasteiger partial charge in [-0.25, -0.2) is 17.2 Å². The molecule has 2 heterocycles. The Hall–Kier alpha value is -1.87. The van der Waals surface area contributed by atoms with E-state index >= 15 is 0 Å². The van der Waals surface area contributed by atoms with E-state index < -0.39 is 32.8 Å². The van der Waals surface area contributed by atoms with Gasteiger partial charge in [0.2, 0.25) is 10.0 Å². The van der Waals surface area contributed by atoms with Crippen LogP contribution in [0.5, 0.6) is 0 Å². The standard InChI is InChI=1S/C23H27F2NO4S/c1-15-7-8-23(16-5-3-2-4-6-16)31(28,29)26(15)11-17-9-22(25)19(10-21(17)24)20(12-27)18-13-30-14-18/h2-6,9-10,15,18,20,23,27H,7-8,11-14H2,1H3/t15-,20?,23+/m0/s1. The highest BCUT2D eigenvalue weighted by Gasteiger charge is 2.41. The van der Waals surface area contributed by atoms with Crippen LogP contribution in [0.15, 0.2) is 42.5 Å². The summed E-state index contributed by atoms with van der Waals surface area (Å²) >= 11 is 0. The first kappa shape index (κ1) is 22.3. The van der Waals surface area contributed by atoms with Gasteiger partial charge in [0.15, 0.2) is 0 Å². The lowest BCUT2D eigenvalue weighted by molar-refractivity contribution is -0.0532. The Morgan fingerprint density at radius 1 is 1.13 bits per heavy atom. The number of ether oxygens (including phenoxy) is 1. The summed E-state index contributed by atoms with van der Waals surface area (Å²) in [5, 5.41) is 8.97. The molecule has 0 amide bonds. The second kappa shape index (κ2) is 8.94. The van der Waals surface area contributed by atoms with Gasteiger partial charge in [-0.15, -0.1) is 0 Å². The third-order valence-electron chi connectivity index (χ3n) is 6.52. The van der Waals surface area contributed by atoms with Crippen molar-refractivity contribution in [1.82, 2.24) is 4.31 Å². The zero-order chi connectivity index (χ0) is 22.2. The fraction of sp³-hybridized carbons (Fsp3) is 0.478. The number of benzene rings is 2. The van der Waals surface area contributed by atoms with Gasteiger partial charge in [0.25, 0.3) is 0 Å². The van der Waals surface area contributed by atoms with E-state index in [1.165, 1.54) is 4.31 Å². The van der Waals surface area contributed by atoms with Crippen molar-refractivity contribution in [3.63, 3.8) is 0 Å². The summed E-state index contributed by atoms with van der Waals surface area (Å²) in [5.74, 6) is -1.90. The second-order valence-corrected chi connectivity index (χ2v) is 10.5. The van der Waals surface area contributed by atoms with Crippen LogP contribution in [0.3, 0.4) is 0 Å². The third kappa shape index (κ3) is 4.26. The molecule has 2 saturated heterocycles. The van der Waals surface area contributed by atoms with E-state index in [-0.39, 0.29) is 36.2 Å². The van der Waals surface area contributed by atoms with Gasteiger partial charge in [-0.2, -0.15) is 4.31 Å². The van der Waals surface area contributed by atoms with Crippen molar-refractivity contribution < 1.29 is 27.0 Å². The molecule has 8 heteroatoms. The number of sulfonamides is 1. The lowest BCUT2D eigenvalue weighted by Crippen LogP contribution is -2.44. The largest absolute Gasteiger partial charge is 0.396 e. The lowest BCUT2D eigenvalue weighted by Gasteiger charge is -2.37. The summed E-state index contributed by atoms with van der Waals surface area (Å²) in [6.45, 7) is 2.06. The van der Waals surface area contributed by atoms with Gasteiger partial charge in [-0.1, -0.05) is 30.3 Å². The number of hydrogen-bond donors (Lipinski definition) is 1. The van der Waals surface area contributed by atoms with Gasteiger partial charge in [-0.05, 0) is 43.0 Å². The van der Waals surface area contributed by atoms with E-state index in [0.717, 1.165) is 12.1 Å². The highest BCUT2D eigenvalue weighted by molar-refractivity contribution is 7.89. The van der Waals surface area contributed by atoms with Gasteiger partial charge in [-0.3, -0.25) is 0 Å². The predicted molar refractivity (Wildman–Crippen MR) is 113 cm³/mol. The molecule has 2 aromatic carbocycles. The molecule has 0 bridgehead atoms. The van der Waals surface area contributed by atoms with Crippen molar-refractivity contribution in [3.8, 4) is 0 Å². The summed E-state index contributed by atoms with van der Waals surface area (Å²) in [4.78, 5) is 0. The van der Waals surface area contributed by atoms with Gasteiger partial charge in [0.1, 0.15) is 16.9 Å². The SMILES string of the molecule is C[C@H]1CC[C@H](c2ccccc2)S(=O)(=O)N1Cc1cc(F)c(C(CO)C2COC2)cc1F. The van der Waals surface area contributed by atoms with Crippen LogP contribution in [0.1, 0.15) is 47.6 Å². The maximum atomic E-state index is 15.0. The van der Waals surface area contributed by atoms with Crippen molar-refractivity contribution in [2.45, 2.75) is 43.5 Å². The van der Waals surface area contributed by atoms with Crippen molar-refractivity contribution in [3.05, 3.63) is 70.8 Å². The van der Waals surface area contributed by atoms with Crippen molar-refractivity contribution in [2.75, 3.05) is 19.8 Å². The molecule has 2 aliphatic rings. The monoisotopic (exact) mass is 451 g/mol. The predicted octanol–water partition coefficient (Wildman–Crippen LogP) is 3.74. The molecule has 0 aliphatic carbocycles. The summed E-state index contributed by atoms with van der Waals surface area (Å²) in [6, 6.07) is 10.8. The van der Waals surface area contributed by atoms with Crippen molar-refractivity contribution >= 4 is 10.0 Å². The number of aliphatic hydroxyl groups is 1.